The Hall–Kier alpha value is -2.51. The van der Waals surface area contributed by atoms with Gasteiger partial charge in [0.25, 0.3) is 5.91 Å². The van der Waals surface area contributed by atoms with E-state index >= 15 is 0 Å². The van der Waals surface area contributed by atoms with Gasteiger partial charge >= 0.3 is 0 Å². The van der Waals surface area contributed by atoms with Gasteiger partial charge in [0.2, 0.25) is 5.95 Å². The van der Waals surface area contributed by atoms with Gasteiger partial charge in [-0.2, -0.15) is 0 Å². The molecule has 1 fully saturated rings. The lowest BCUT2D eigenvalue weighted by Crippen LogP contribution is -2.18. The number of hydrogen-bond acceptors (Lipinski definition) is 4. The van der Waals surface area contributed by atoms with Crippen LogP contribution >= 0.6 is 0 Å². The molecule has 8 heteroatoms. The number of rotatable bonds is 4. The number of carbonyl (C=O) groups is 1. The van der Waals surface area contributed by atoms with Crippen molar-refractivity contribution in [1.29, 1.82) is 0 Å². The second-order valence-corrected chi connectivity index (χ2v) is 5.76. The molecule has 1 aliphatic carbocycles. The SMILES string of the molecule is COc1cc(F)c(C(=O)Nc2ncn(C3CCCCC3)n2)c(F)c1. The molecule has 0 radical (unpaired) electrons. The number of anilines is 1. The zero-order valence-corrected chi connectivity index (χ0v) is 13.3. The number of ether oxygens (including phenoxy) is 1. The van der Waals surface area contributed by atoms with E-state index in [1.165, 1.54) is 19.9 Å². The van der Waals surface area contributed by atoms with Gasteiger partial charge in [-0.25, -0.2) is 18.4 Å². The summed E-state index contributed by atoms with van der Waals surface area (Å²) in [5.41, 5.74) is -0.690. The minimum absolute atomic E-state index is 0.00116. The molecule has 0 atom stereocenters. The van der Waals surface area contributed by atoms with Gasteiger partial charge in [0, 0.05) is 12.1 Å². The van der Waals surface area contributed by atoms with E-state index in [0.717, 1.165) is 37.8 Å². The first-order chi connectivity index (χ1) is 11.6. The third-order valence-electron chi connectivity index (χ3n) is 4.16. The fourth-order valence-electron chi connectivity index (χ4n) is 2.90. The van der Waals surface area contributed by atoms with Gasteiger partial charge in [-0.3, -0.25) is 10.1 Å². The molecular formula is C16H18F2N4O2. The lowest BCUT2D eigenvalue weighted by molar-refractivity contribution is 0.101. The Morgan fingerprint density at radius 1 is 1.25 bits per heavy atom. The Kier molecular flexibility index (Phi) is 4.73. The van der Waals surface area contributed by atoms with Crippen LogP contribution in [0, 0.1) is 11.6 Å². The summed E-state index contributed by atoms with van der Waals surface area (Å²) < 4.78 is 34.3. The average Bonchev–Trinajstić information content (AvgIpc) is 3.03. The van der Waals surface area contributed by atoms with Crippen molar-refractivity contribution in [2.75, 3.05) is 12.4 Å². The van der Waals surface area contributed by atoms with Crippen LogP contribution in [0.25, 0.3) is 0 Å². The number of benzene rings is 1. The summed E-state index contributed by atoms with van der Waals surface area (Å²) in [6.45, 7) is 0. The Labute approximate surface area is 137 Å². The molecular weight excluding hydrogens is 318 g/mol. The zero-order valence-electron chi connectivity index (χ0n) is 13.3. The molecule has 1 amide bonds. The number of halogens is 2. The van der Waals surface area contributed by atoms with Gasteiger partial charge in [0.05, 0.1) is 13.2 Å². The van der Waals surface area contributed by atoms with E-state index in [2.05, 4.69) is 15.4 Å². The summed E-state index contributed by atoms with van der Waals surface area (Å²) in [7, 11) is 1.29. The third kappa shape index (κ3) is 3.37. The molecule has 128 valence electrons. The van der Waals surface area contributed by atoms with Crippen LogP contribution in [0.2, 0.25) is 0 Å². The fraction of sp³-hybridized carbons (Fsp3) is 0.438. The smallest absolute Gasteiger partial charge is 0.264 e. The lowest BCUT2D eigenvalue weighted by Gasteiger charge is -2.21. The van der Waals surface area contributed by atoms with Crippen molar-refractivity contribution in [3.63, 3.8) is 0 Å². The molecule has 0 spiro atoms. The second-order valence-electron chi connectivity index (χ2n) is 5.76. The van der Waals surface area contributed by atoms with Gasteiger partial charge < -0.3 is 4.74 Å². The molecule has 6 nitrogen and oxygen atoms in total. The molecule has 1 saturated carbocycles. The van der Waals surface area contributed by atoms with Crippen molar-refractivity contribution in [2.24, 2.45) is 0 Å². The molecule has 1 heterocycles. The van der Waals surface area contributed by atoms with Gasteiger partial charge in [-0.05, 0) is 12.8 Å². The third-order valence-corrected chi connectivity index (χ3v) is 4.16. The first-order valence-electron chi connectivity index (χ1n) is 7.84. The molecule has 24 heavy (non-hydrogen) atoms. The number of nitrogens with one attached hydrogen (secondary N) is 1. The Morgan fingerprint density at radius 2 is 1.92 bits per heavy atom. The van der Waals surface area contributed by atoms with E-state index < -0.39 is 23.1 Å². The van der Waals surface area contributed by atoms with Crippen LogP contribution < -0.4 is 10.1 Å². The quantitative estimate of drug-likeness (QED) is 0.930. The van der Waals surface area contributed by atoms with Crippen LogP contribution in [0.5, 0.6) is 5.75 Å². The first-order valence-corrected chi connectivity index (χ1v) is 7.84. The summed E-state index contributed by atoms with van der Waals surface area (Å²) in [6.07, 6.45) is 7.04. The summed E-state index contributed by atoms with van der Waals surface area (Å²) >= 11 is 0. The Morgan fingerprint density at radius 3 is 2.54 bits per heavy atom. The van der Waals surface area contributed by atoms with Crippen LogP contribution in [0.4, 0.5) is 14.7 Å². The minimum Gasteiger partial charge on any atom is -0.497 e. The zero-order chi connectivity index (χ0) is 17.1. The van der Waals surface area contributed by atoms with Crippen molar-refractivity contribution >= 4 is 11.9 Å². The molecule has 0 bridgehead atoms. The Bertz CT molecular complexity index is 718. The standard InChI is InChI=1S/C16H18F2N4O2/c1-24-11-7-12(17)14(13(18)8-11)15(23)20-16-19-9-22(21-16)10-5-3-2-4-6-10/h7-10H,2-6H2,1H3,(H,20,21,23). The van der Waals surface area contributed by atoms with Crippen LogP contribution in [-0.2, 0) is 0 Å². The van der Waals surface area contributed by atoms with E-state index in [9.17, 15) is 13.6 Å². The predicted molar refractivity (Wildman–Crippen MR) is 83.0 cm³/mol. The van der Waals surface area contributed by atoms with Crippen molar-refractivity contribution in [2.45, 2.75) is 38.1 Å². The van der Waals surface area contributed by atoms with Crippen molar-refractivity contribution in [1.82, 2.24) is 14.8 Å². The summed E-state index contributed by atoms with van der Waals surface area (Å²) in [4.78, 5) is 16.1. The molecule has 0 aliphatic heterocycles. The Balaban J connectivity index is 1.74. The molecule has 0 saturated heterocycles. The van der Waals surface area contributed by atoms with Crippen molar-refractivity contribution in [3.05, 3.63) is 35.7 Å². The minimum atomic E-state index is -1.00. The molecule has 2 aromatic rings. The number of nitrogens with zero attached hydrogens (tertiary/aromatic N) is 3. The molecule has 1 aliphatic rings. The van der Waals surface area contributed by atoms with Crippen molar-refractivity contribution in [3.8, 4) is 5.75 Å². The summed E-state index contributed by atoms with van der Waals surface area (Å²) in [5.74, 6) is -2.91. The lowest BCUT2D eigenvalue weighted by atomic mass is 9.96. The number of methoxy groups -OCH3 is 1. The maximum absolute atomic E-state index is 13.9. The average molecular weight is 336 g/mol. The number of hydrogen-bond donors (Lipinski definition) is 1. The second kappa shape index (κ2) is 6.94. The summed E-state index contributed by atoms with van der Waals surface area (Å²) in [5, 5.41) is 6.53. The van der Waals surface area contributed by atoms with Crippen LogP contribution in [0.15, 0.2) is 18.5 Å². The molecule has 3 rings (SSSR count). The van der Waals surface area contributed by atoms with Gasteiger partial charge in [0.1, 0.15) is 29.3 Å². The maximum Gasteiger partial charge on any atom is 0.264 e. The van der Waals surface area contributed by atoms with E-state index in [1.54, 1.807) is 4.68 Å². The van der Waals surface area contributed by atoms with Gasteiger partial charge in [-0.1, -0.05) is 19.3 Å². The van der Waals surface area contributed by atoms with Gasteiger partial charge in [0.15, 0.2) is 0 Å². The normalized spacial score (nSPS) is 15.3. The van der Waals surface area contributed by atoms with Crippen LogP contribution in [-0.4, -0.2) is 27.8 Å². The number of carbonyl (C=O) groups excluding carboxylic acids is 1. The van der Waals surface area contributed by atoms with E-state index in [4.69, 9.17) is 4.74 Å². The number of amides is 1. The summed E-state index contributed by atoms with van der Waals surface area (Å²) in [6, 6.07) is 2.16. The topological polar surface area (TPSA) is 69.0 Å². The molecule has 0 unspecified atom stereocenters. The van der Waals surface area contributed by atoms with E-state index in [-0.39, 0.29) is 17.7 Å². The van der Waals surface area contributed by atoms with Gasteiger partial charge in [-0.15, -0.1) is 5.10 Å². The van der Waals surface area contributed by atoms with Crippen molar-refractivity contribution < 1.29 is 18.3 Å². The highest BCUT2D eigenvalue weighted by molar-refractivity contribution is 6.03. The highest BCUT2D eigenvalue weighted by Gasteiger charge is 2.21. The highest BCUT2D eigenvalue weighted by atomic mass is 19.1. The molecule has 1 N–H and O–H groups in total. The molecule has 1 aromatic carbocycles. The first kappa shape index (κ1) is 16.4. The predicted octanol–water partition coefficient (Wildman–Crippen LogP) is 3.32. The van der Waals surface area contributed by atoms with E-state index in [0.29, 0.717) is 0 Å². The maximum atomic E-state index is 13.9. The monoisotopic (exact) mass is 336 g/mol. The highest BCUT2D eigenvalue weighted by Crippen LogP contribution is 2.27. The van der Waals surface area contributed by atoms with Crippen LogP contribution in [0.3, 0.4) is 0 Å². The fourth-order valence-corrected chi connectivity index (χ4v) is 2.90. The van der Waals surface area contributed by atoms with E-state index in [1.807, 2.05) is 0 Å². The largest absolute Gasteiger partial charge is 0.497 e. The molecule has 1 aromatic heterocycles. The van der Waals surface area contributed by atoms with Crippen LogP contribution in [0.1, 0.15) is 48.5 Å². The number of aromatic nitrogens is 3.